The van der Waals surface area contributed by atoms with Gasteiger partial charge in [0.1, 0.15) is 6.73 Å². The molecule has 7 heteroatoms. The number of fused-ring (bicyclic) bond motifs is 1. The molecule has 45 heavy (non-hydrogen) atoms. The number of rotatable bonds is 23. The van der Waals surface area contributed by atoms with Crippen molar-refractivity contribution in [2.24, 2.45) is 4.99 Å². The molecule has 2 aromatic rings. The number of aliphatic hydroxyl groups excluding tert-OH is 1. The van der Waals surface area contributed by atoms with Gasteiger partial charge in [-0.3, -0.25) is 4.90 Å². The molecule has 2 rings (SSSR count). The Labute approximate surface area is 275 Å². The summed E-state index contributed by atoms with van der Waals surface area (Å²) in [6.07, 6.45) is 19.4. The molecule has 0 unspecified atom stereocenters. The summed E-state index contributed by atoms with van der Waals surface area (Å²) in [5.74, 6) is 0. The van der Waals surface area contributed by atoms with Gasteiger partial charge in [-0.1, -0.05) is 90.4 Å². The van der Waals surface area contributed by atoms with Crippen LogP contribution in [0.3, 0.4) is 0 Å². The second-order valence-electron chi connectivity index (χ2n) is 13.4. The molecule has 0 aliphatic rings. The number of unbranched alkanes of at least 4 members (excludes halogenated alkanes) is 13. The third kappa shape index (κ3) is 12.8. The van der Waals surface area contributed by atoms with E-state index >= 15 is 0 Å². The Hall–Kier alpha value is -2.25. The molecule has 0 atom stereocenters. The molecule has 0 saturated heterocycles. The number of aliphatic hydroxyl groups is 1. The van der Waals surface area contributed by atoms with Crippen LogP contribution in [0.4, 0.5) is 4.79 Å². The van der Waals surface area contributed by atoms with E-state index in [9.17, 15) is 9.90 Å². The Kier molecular flexibility index (Phi) is 18.6. The molecule has 0 bridgehead atoms. The van der Waals surface area contributed by atoms with Crippen molar-refractivity contribution in [1.29, 1.82) is 0 Å². The molecular formula is C38H68N5O2+. The van der Waals surface area contributed by atoms with Crippen molar-refractivity contribution < 1.29 is 14.4 Å². The number of nitrogens with zero attached hydrogens (tertiary/aromatic N) is 5. The minimum Gasteiger partial charge on any atom is -0.376 e. The van der Waals surface area contributed by atoms with Crippen molar-refractivity contribution in [3.05, 3.63) is 34.4 Å². The Morgan fingerprint density at radius 2 is 1.29 bits per heavy atom. The highest BCUT2D eigenvalue weighted by atomic mass is 16.3. The van der Waals surface area contributed by atoms with Crippen LogP contribution < -0.4 is 5.49 Å². The molecule has 7 nitrogen and oxygen atoms in total. The van der Waals surface area contributed by atoms with E-state index in [1.807, 2.05) is 6.92 Å². The lowest BCUT2D eigenvalue weighted by atomic mass is 10.0. The molecule has 0 radical (unpaired) electrons. The third-order valence-electron chi connectivity index (χ3n) is 10.2. The predicted octanol–water partition coefficient (Wildman–Crippen LogP) is 8.98. The van der Waals surface area contributed by atoms with E-state index in [2.05, 4.69) is 63.2 Å². The van der Waals surface area contributed by atoms with Gasteiger partial charge in [0.2, 0.25) is 0 Å². The number of carbonyl (C=O) groups excluding carboxylic acids is 1. The minimum absolute atomic E-state index is 0.329. The SMILES string of the molecule is CCCCCCCCCCCCCCCCn1/c(=N/C(=O)N(CO)CCC[N+](CC)(CC)CC)c(C)nc2cc(C)c(C)cc21. The van der Waals surface area contributed by atoms with Crippen molar-refractivity contribution in [3.63, 3.8) is 0 Å². The number of aryl methyl sites for hydroxylation is 4. The number of quaternary nitrogens is 1. The highest BCUT2D eigenvalue weighted by Gasteiger charge is 2.22. The van der Waals surface area contributed by atoms with Crippen LogP contribution in [-0.4, -0.2) is 69.5 Å². The van der Waals surface area contributed by atoms with Crippen LogP contribution in [0, 0.1) is 20.8 Å². The first kappa shape index (κ1) is 38.9. The molecule has 1 heterocycles. The zero-order chi connectivity index (χ0) is 33.1. The third-order valence-corrected chi connectivity index (χ3v) is 10.2. The van der Waals surface area contributed by atoms with Gasteiger partial charge in [0.05, 0.1) is 42.9 Å². The molecule has 0 spiro atoms. The first-order valence-electron chi connectivity index (χ1n) is 18.5. The summed E-state index contributed by atoms with van der Waals surface area (Å²) in [6.45, 7) is 20.3. The second kappa shape index (κ2) is 21.5. The van der Waals surface area contributed by atoms with Crippen molar-refractivity contribution in [2.45, 2.75) is 151 Å². The standard InChI is InChI=1S/C38H68N5O2/c1-8-12-13-14-15-16-17-18-19-20-21-22-23-24-27-42-36-30-33(6)32(5)29-35(36)39-34(7)37(42)40-38(45)41(31-44)26-25-28-43(9-2,10-3)11-4/h29-30,44H,8-28,31H2,1-7H3/q+1/b40-37+. The zero-order valence-corrected chi connectivity index (χ0v) is 30.3. The van der Waals surface area contributed by atoms with Crippen LogP contribution in [0.1, 0.15) is 141 Å². The lowest BCUT2D eigenvalue weighted by molar-refractivity contribution is -0.923. The largest absolute Gasteiger partial charge is 0.376 e. The number of amides is 2. The van der Waals surface area contributed by atoms with E-state index in [0.717, 1.165) is 66.8 Å². The van der Waals surface area contributed by atoms with Crippen molar-refractivity contribution in [3.8, 4) is 0 Å². The van der Waals surface area contributed by atoms with Crippen molar-refractivity contribution in [1.82, 2.24) is 14.5 Å². The Balaban J connectivity index is 2.04. The Morgan fingerprint density at radius 1 is 0.778 bits per heavy atom. The van der Waals surface area contributed by atoms with Crippen molar-refractivity contribution in [2.75, 3.05) is 39.5 Å². The molecule has 1 aromatic heterocycles. The van der Waals surface area contributed by atoms with Crippen LogP contribution in [-0.2, 0) is 6.54 Å². The van der Waals surface area contributed by atoms with E-state index in [1.165, 1.54) is 99.5 Å². The van der Waals surface area contributed by atoms with Gasteiger partial charge in [0.15, 0.2) is 5.49 Å². The fourth-order valence-electron chi connectivity index (χ4n) is 6.59. The van der Waals surface area contributed by atoms with Crippen LogP contribution in [0.25, 0.3) is 11.0 Å². The smallest absolute Gasteiger partial charge is 0.347 e. The van der Waals surface area contributed by atoms with Crippen molar-refractivity contribution >= 4 is 17.1 Å². The number of urea groups is 1. The molecule has 1 aromatic carbocycles. The van der Waals surface area contributed by atoms with E-state index in [1.54, 1.807) is 0 Å². The van der Waals surface area contributed by atoms with E-state index in [0.29, 0.717) is 12.0 Å². The van der Waals surface area contributed by atoms with E-state index < -0.39 is 0 Å². The number of carbonyl (C=O) groups is 1. The first-order valence-corrected chi connectivity index (χ1v) is 18.5. The lowest BCUT2D eigenvalue weighted by Crippen LogP contribution is -2.49. The topological polar surface area (TPSA) is 70.7 Å². The quantitative estimate of drug-likeness (QED) is 0.0760. The average Bonchev–Trinajstić information content (AvgIpc) is 3.04. The minimum atomic E-state index is -0.386. The maximum atomic E-state index is 13.4. The number of benzene rings is 1. The monoisotopic (exact) mass is 627 g/mol. The summed E-state index contributed by atoms with van der Waals surface area (Å²) >= 11 is 0. The van der Waals surface area contributed by atoms with Gasteiger partial charge in [-0.05, 0) is 71.2 Å². The molecule has 0 saturated carbocycles. The summed E-state index contributed by atoms with van der Waals surface area (Å²) in [4.78, 5) is 24.4. The van der Waals surface area contributed by atoms with E-state index in [4.69, 9.17) is 4.98 Å². The van der Waals surface area contributed by atoms with Crippen LogP contribution in [0.15, 0.2) is 17.1 Å². The maximum Gasteiger partial charge on any atom is 0.347 e. The molecule has 0 fully saturated rings. The number of aromatic nitrogens is 2. The van der Waals surface area contributed by atoms with E-state index in [-0.39, 0.29) is 12.8 Å². The fraction of sp³-hybridized carbons (Fsp3) is 0.763. The molecule has 0 aliphatic carbocycles. The normalized spacial score (nSPS) is 12.4. The summed E-state index contributed by atoms with van der Waals surface area (Å²) < 4.78 is 3.22. The highest BCUT2D eigenvalue weighted by Crippen LogP contribution is 2.19. The van der Waals surface area contributed by atoms with Gasteiger partial charge in [-0.25, -0.2) is 9.78 Å². The van der Waals surface area contributed by atoms with Gasteiger partial charge in [-0.15, -0.1) is 0 Å². The maximum absolute atomic E-state index is 13.4. The first-order chi connectivity index (χ1) is 21.7. The van der Waals surface area contributed by atoms with Crippen LogP contribution in [0.2, 0.25) is 0 Å². The molecule has 0 aliphatic heterocycles. The van der Waals surface area contributed by atoms with Gasteiger partial charge >= 0.3 is 6.03 Å². The fourth-order valence-corrected chi connectivity index (χ4v) is 6.59. The number of hydrogen-bond donors (Lipinski definition) is 1. The summed E-state index contributed by atoms with van der Waals surface area (Å²) in [7, 11) is 0. The molecule has 256 valence electrons. The van der Waals surface area contributed by atoms with Crippen LogP contribution in [0.5, 0.6) is 0 Å². The lowest BCUT2D eigenvalue weighted by Gasteiger charge is -2.36. The van der Waals surface area contributed by atoms with Crippen LogP contribution >= 0.6 is 0 Å². The van der Waals surface area contributed by atoms with Gasteiger partial charge in [0, 0.05) is 19.5 Å². The molecular weight excluding hydrogens is 558 g/mol. The second-order valence-corrected chi connectivity index (χ2v) is 13.4. The van der Waals surface area contributed by atoms with Gasteiger partial charge in [-0.2, -0.15) is 4.99 Å². The summed E-state index contributed by atoms with van der Waals surface area (Å²) in [5.41, 5.74) is 5.76. The van der Waals surface area contributed by atoms with Gasteiger partial charge in [0.25, 0.3) is 0 Å². The summed E-state index contributed by atoms with van der Waals surface area (Å²) in [5, 5.41) is 10.1. The van der Waals surface area contributed by atoms with Gasteiger partial charge < -0.3 is 14.2 Å². The molecule has 1 N–H and O–H groups in total. The molecule has 2 amide bonds. The predicted molar refractivity (Wildman–Crippen MR) is 190 cm³/mol. The Morgan fingerprint density at radius 3 is 1.80 bits per heavy atom. The Bertz CT molecular complexity index is 1190. The average molecular weight is 627 g/mol. The highest BCUT2D eigenvalue weighted by molar-refractivity contribution is 5.78. The summed E-state index contributed by atoms with van der Waals surface area (Å²) in [6, 6.07) is 3.94. The number of hydrogen-bond acceptors (Lipinski definition) is 3. The zero-order valence-electron chi connectivity index (χ0n) is 30.3.